The van der Waals surface area contributed by atoms with Crippen molar-refractivity contribution in [2.24, 2.45) is 0 Å². The fourth-order valence-electron chi connectivity index (χ4n) is 12.6. The zero-order valence-corrected chi connectivity index (χ0v) is 44.1. The molecule has 3 heteroatoms. The van der Waals surface area contributed by atoms with Crippen molar-refractivity contribution in [3.05, 3.63) is 288 Å². The molecule has 1 heterocycles. The minimum Gasteiger partial charge on any atom is -0.455 e. The molecule has 370 valence electrons. The van der Waals surface area contributed by atoms with E-state index in [0.717, 1.165) is 61.6 Å². The molecule has 0 bridgehead atoms. The lowest BCUT2D eigenvalue weighted by molar-refractivity contribution is 0.590. The summed E-state index contributed by atoms with van der Waals surface area (Å²) < 4.78 is 7.39. The fraction of sp³-hybridized carbons (Fsp3) is 0.108. The second kappa shape index (κ2) is 18.0. The van der Waals surface area contributed by atoms with Gasteiger partial charge in [0.2, 0.25) is 0 Å². The molecule has 2 aliphatic rings. The van der Waals surface area contributed by atoms with Crippen LogP contribution in [0.1, 0.15) is 73.9 Å². The van der Waals surface area contributed by atoms with Crippen LogP contribution in [0.4, 0.5) is 34.1 Å². The van der Waals surface area contributed by atoms with Gasteiger partial charge < -0.3 is 14.2 Å². The quantitative estimate of drug-likeness (QED) is 0.144. The molecule has 0 saturated carbocycles. The standard InChI is InChI=1S/C74H58N2O/c1-48(2)49-28-36-55(37-29-49)75(56-38-30-52(31-39-56)50-18-8-6-9-19-50)59-44-45-62-66(46-59)74(64-25-15-12-22-60(64)61-23-13-16-26-65(61)74)67-47-68(71-63-24-14-17-27-69(63)77-72(71)70(62)67)76(58-42-34-54(35-43-58)73(3,4)5)57-40-32-53(33-41-57)51-20-10-7-11-21-51/h6-48H,1-5H3. The Bertz CT molecular complexity index is 4140. The summed E-state index contributed by atoms with van der Waals surface area (Å²) in [6.07, 6.45) is 0. The third-order valence-corrected chi connectivity index (χ3v) is 16.4. The van der Waals surface area contributed by atoms with E-state index in [1.165, 1.54) is 72.3 Å². The summed E-state index contributed by atoms with van der Waals surface area (Å²) in [5, 5.41) is 2.17. The van der Waals surface area contributed by atoms with Crippen LogP contribution >= 0.6 is 0 Å². The summed E-state index contributed by atoms with van der Waals surface area (Å²) >= 11 is 0. The first-order chi connectivity index (χ1) is 37.6. The van der Waals surface area contributed by atoms with Crippen molar-refractivity contribution in [1.82, 2.24) is 0 Å². The number of furan rings is 1. The topological polar surface area (TPSA) is 19.6 Å². The lowest BCUT2D eigenvalue weighted by Crippen LogP contribution is -2.26. The minimum atomic E-state index is -0.709. The molecule has 1 aromatic heterocycles. The summed E-state index contributed by atoms with van der Waals surface area (Å²) in [4.78, 5) is 4.91. The Labute approximate surface area is 452 Å². The third-order valence-electron chi connectivity index (χ3n) is 16.4. The number of benzene rings is 11. The van der Waals surface area contributed by atoms with Crippen LogP contribution < -0.4 is 9.80 Å². The zero-order chi connectivity index (χ0) is 52.0. The average molecular weight is 991 g/mol. The van der Waals surface area contributed by atoms with E-state index in [1.807, 2.05) is 0 Å². The van der Waals surface area contributed by atoms with E-state index in [9.17, 15) is 0 Å². The second-order valence-electron chi connectivity index (χ2n) is 22.2. The minimum absolute atomic E-state index is 0.0126. The van der Waals surface area contributed by atoms with Crippen molar-refractivity contribution in [2.45, 2.75) is 51.4 Å². The van der Waals surface area contributed by atoms with Gasteiger partial charge in [-0.05, 0) is 156 Å². The number of nitrogens with zero attached hydrogens (tertiary/aromatic N) is 2. The second-order valence-corrected chi connectivity index (χ2v) is 22.2. The molecule has 0 unspecified atom stereocenters. The van der Waals surface area contributed by atoms with Gasteiger partial charge >= 0.3 is 0 Å². The van der Waals surface area contributed by atoms with Crippen LogP contribution in [0.25, 0.3) is 66.4 Å². The smallest absolute Gasteiger partial charge is 0.145 e. The highest BCUT2D eigenvalue weighted by molar-refractivity contribution is 6.20. The number of fused-ring (bicyclic) bond motifs is 14. The Hall–Kier alpha value is -9.18. The van der Waals surface area contributed by atoms with Gasteiger partial charge in [-0.2, -0.15) is 0 Å². The van der Waals surface area contributed by atoms with Crippen LogP contribution in [0.15, 0.2) is 259 Å². The van der Waals surface area contributed by atoms with E-state index in [2.05, 4.69) is 299 Å². The Morgan fingerprint density at radius 1 is 0.390 bits per heavy atom. The van der Waals surface area contributed by atoms with E-state index in [0.29, 0.717) is 5.92 Å². The third kappa shape index (κ3) is 7.40. The van der Waals surface area contributed by atoms with E-state index < -0.39 is 5.41 Å². The van der Waals surface area contributed by atoms with Crippen LogP contribution in [0, 0.1) is 0 Å². The molecule has 0 amide bonds. The normalized spacial score (nSPS) is 13.0. The van der Waals surface area contributed by atoms with Crippen molar-refractivity contribution < 1.29 is 4.42 Å². The van der Waals surface area contributed by atoms with Gasteiger partial charge in [0.1, 0.15) is 11.2 Å². The number of rotatable bonds is 9. The van der Waals surface area contributed by atoms with Gasteiger partial charge in [-0.3, -0.25) is 0 Å². The molecule has 0 atom stereocenters. The van der Waals surface area contributed by atoms with Crippen molar-refractivity contribution in [3.8, 4) is 44.5 Å². The summed E-state index contributed by atoms with van der Waals surface area (Å²) in [5.74, 6) is 0.413. The molecule has 0 N–H and O–H groups in total. The molecule has 2 aliphatic carbocycles. The number of hydrogen-bond acceptors (Lipinski definition) is 3. The SMILES string of the molecule is CC(C)c1ccc(N(c2ccc(-c3ccccc3)cc2)c2ccc3c(c2)C2(c4ccccc4-c4ccccc42)c2cc(N(c4ccc(-c5ccccc5)cc4)c4ccc(C(C)(C)C)cc4)c4c(oc5ccccc54)c2-3)cc1. The highest BCUT2D eigenvalue weighted by Crippen LogP contribution is 2.66. The van der Waals surface area contributed by atoms with Crippen molar-refractivity contribution in [3.63, 3.8) is 0 Å². The van der Waals surface area contributed by atoms with Crippen molar-refractivity contribution in [2.75, 3.05) is 9.80 Å². The first-order valence-corrected chi connectivity index (χ1v) is 27.1. The maximum absolute atomic E-state index is 7.39. The predicted molar refractivity (Wildman–Crippen MR) is 323 cm³/mol. The number of anilines is 6. The first-order valence-electron chi connectivity index (χ1n) is 27.1. The van der Waals surface area contributed by atoms with Crippen LogP contribution in [-0.4, -0.2) is 0 Å². The van der Waals surface area contributed by atoms with Gasteiger partial charge in [-0.1, -0.05) is 217 Å². The zero-order valence-electron chi connectivity index (χ0n) is 44.1. The molecular formula is C74H58N2O. The molecular weight excluding hydrogens is 933 g/mol. The monoisotopic (exact) mass is 990 g/mol. The number of para-hydroxylation sites is 1. The van der Waals surface area contributed by atoms with Gasteiger partial charge in [0.05, 0.1) is 16.5 Å². The summed E-state index contributed by atoms with van der Waals surface area (Å²) in [6.45, 7) is 11.4. The van der Waals surface area contributed by atoms with E-state index in [-0.39, 0.29) is 5.41 Å². The van der Waals surface area contributed by atoms with E-state index in [4.69, 9.17) is 4.42 Å². The predicted octanol–water partition coefficient (Wildman–Crippen LogP) is 20.6. The molecule has 12 aromatic rings. The van der Waals surface area contributed by atoms with Gasteiger partial charge in [-0.15, -0.1) is 0 Å². The Kier molecular flexibility index (Phi) is 10.8. The van der Waals surface area contributed by atoms with Gasteiger partial charge in [0.25, 0.3) is 0 Å². The highest BCUT2D eigenvalue weighted by atomic mass is 16.3. The molecule has 0 saturated heterocycles. The summed E-state index contributed by atoms with van der Waals surface area (Å²) in [7, 11) is 0. The largest absolute Gasteiger partial charge is 0.455 e. The average Bonchev–Trinajstić information content (AvgIpc) is 4.18. The Morgan fingerprint density at radius 2 is 0.857 bits per heavy atom. The van der Waals surface area contributed by atoms with Crippen LogP contribution in [0.5, 0.6) is 0 Å². The van der Waals surface area contributed by atoms with Gasteiger partial charge in [-0.25, -0.2) is 0 Å². The maximum Gasteiger partial charge on any atom is 0.145 e. The van der Waals surface area contributed by atoms with Gasteiger partial charge in [0, 0.05) is 39.4 Å². The Morgan fingerprint density at radius 3 is 1.42 bits per heavy atom. The van der Waals surface area contributed by atoms with Crippen molar-refractivity contribution in [1.29, 1.82) is 0 Å². The molecule has 0 radical (unpaired) electrons. The molecule has 3 nitrogen and oxygen atoms in total. The summed E-state index contributed by atoms with van der Waals surface area (Å²) in [6, 6.07) is 94.4. The number of hydrogen-bond donors (Lipinski definition) is 0. The Balaban J connectivity index is 1.06. The molecule has 11 aromatic carbocycles. The molecule has 0 fully saturated rings. The van der Waals surface area contributed by atoms with Crippen LogP contribution in [-0.2, 0) is 10.8 Å². The van der Waals surface area contributed by atoms with E-state index >= 15 is 0 Å². The molecule has 1 spiro atoms. The molecule has 0 aliphatic heterocycles. The lowest BCUT2D eigenvalue weighted by Gasteiger charge is -2.33. The van der Waals surface area contributed by atoms with Crippen LogP contribution in [0.3, 0.4) is 0 Å². The molecule has 77 heavy (non-hydrogen) atoms. The lowest BCUT2D eigenvalue weighted by atomic mass is 9.70. The van der Waals surface area contributed by atoms with E-state index in [1.54, 1.807) is 0 Å². The highest BCUT2D eigenvalue weighted by Gasteiger charge is 2.53. The van der Waals surface area contributed by atoms with Crippen LogP contribution in [0.2, 0.25) is 0 Å². The first kappa shape index (κ1) is 46.4. The summed E-state index contributed by atoms with van der Waals surface area (Å²) in [5.41, 5.74) is 24.7. The fourth-order valence-corrected chi connectivity index (χ4v) is 12.6. The van der Waals surface area contributed by atoms with Gasteiger partial charge in [0.15, 0.2) is 0 Å². The molecule has 14 rings (SSSR count). The van der Waals surface area contributed by atoms with Crippen molar-refractivity contribution >= 4 is 56.1 Å². The maximum atomic E-state index is 7.39.